The number of nitrogens with one attached hydrogen (secondary N) is 1. The Morgan fingerprint density at radius 3 is 2.62 bits per heavy atom. The van der Waals surface area contributed by atoms with E-state index < -0.39 is 12.0 Å². The highest BCUT2D eigenvalue weighted by Crippen LogP contribution is 2.28. The Balaban J connectivity index is 1.89. The van der Waals surface area contributed by atoms with Crippen LogP contribution in [0.15, 0.2) is 48.5 Å². The Bertz CT molecular complexity index is 661. The molecule has 0 saturated carbocycles. The van der Waals surface area contributed by atoms with Gasteiger partial charge >= 0.3 is 0 Å². The van der Waals surface area contributed by atoms with Crippen molar-refractivity contribution in [3.05, 3.63) is 59.7 Å². The van der Waals surface area contributed by atoms with Crippen molar-refractivity contribution in [1.29, 1.82) is 0 Å². The van der Waals surface area contributed by atoms with Gasteiger partial charge in [0, 0.05) is 13.1 Å². The van der Waals surface area contributed by atoms with Gasteiger partial charge in [0.2, 0.25) is 0 Å². The Morgan fingerprint density at radius 2 is 1.96 bits per heavy atom. The van der Waals surface area contributed by atoms with Crippen LogP contribution in [0.25, 0.3) is 0 Å². The lowest BCUT2D eigenvalue weighted by Crippen LogP contribution is -2.21. The van der Waals surface area contributed by atoms with Crippen molar-refractivity contribution in [1.82, 2.24) is 5.32 Å². The Morgan fingerprint density at radius 1 is 1.21 bits per heavy atom. The summed E-state index contributed by atoms with van der Waals surface area (Å²) < 4.78 is 10.5. The molecule has 4 N–H and O–H groups in total. The third-order valence-electron chi connectivity index (χ3n) is 3.45. The third kappa shape index (κ3) is 5.26. The van der Waals surface area contributed by atoms with E-state index in [-0.39, 0.29) is 6.61 Å². The largest absolute Gasteiger partial charge is 0.493 e. The van der Waals surface area contributed by atoms with Gasteiger partial charge in [0.25, 0.3) is 5.91 Å². The maximum atomic E-state index is 10.8. The first kappa shape index (κ1) is 17.8. The van der Waals surface area contributed by atoms with E-state index >= 15 is 0 Å². The van der Waals surface area contributed by atoms with Crippen LogP contribution < -0.4 is 20.5 Å². The maximum absolute atomic E-state index is 10.8. The summed E-state index contributed by atoms with van der Waals surface area (Å²) in [6.07, 6.45) is -0.564. The highest BCUT2D eigenvalue weighted by atomic mass is 16.5. The third-order valence-corrected chi connectivity index (χ3v) is 3.45. The second-order valence-electron chi connectivity index (χ2n) is 5.30. The normalized spacial score (nSPS) is 11.8. The van der Waals surface area contributed by atoms with Gasteiger partial charge in [0.15, 0.2) is 18.1 Å². The van der Waals surface area contributed by atoms with Crippen LogP contribution >= 0.6 is 0 Å². The molecule has 1 atom stereocenters. The second-order valence-corrected chi connectivity index (χ2v) is 5.30. The number of hydrogen-bond acceptors (Lipinski definition) is 5. The minimum absolute atomic E-state index is 0.197. The molecule has 0 saturated heterocycles. The van der Waals surface area contributed by atoms with E-state index in [9.17, 15) is 9.90 Å². The molecule has 6 heteroatoms. The smallest absolute Gasteiger partial charge is 0.255 e. The summed E-state index contributed by atoms with van der Waals surface area (Å²) in [5, 5.41) is 13.3. The average Bonchev–Trinajstić information content (AvgIpc) is 2.61. The lowest BCUT2D eigenvalue weighted by atomic mass is 10.1. The summed E-state index contributed by atoms with van der Waals surface area (Å²) in [5.41, 5.74) is 6.91. The van der Waals surface area contributed by atoms with Crippen molar-refractivity contribution in [3.8, 4) is 11.5 Å². The number of ether oxygens (including phenoxy) is 2. The van der Waals surface area contributed by atoms with Gasteiger partial charge < -0.3 is 25.6 Å². The number of benzene rings is 2. The maximum Gasteiger partial charge on any atom is 0.255 e. The van der Waals surface area contributed by atoms with E-state index in [0.29, 0.717) is 24.6 Å². The van der Waals surface area contributed by atoms with Gasteiger partial charge in [-0.2, -0.15) is 0 Å². The zero-order valence-corrected chi connectivity index (χ0v) is 13.6. The van der Waals surface area contributed by atoms with Crippen LogP contribution in [0.3, 0.4) is 0 Å². The first-order valence-corrected chi connectivity index (χ1v) is 7.62. The van der Waals surface area contributed by atoms with E-state index in [1.807, 2.05) is 42.5 Å². The molecule has 0 heterocycles. The number of aliphatic hydroxyl groups is 1. The van der Waals surface area contributed by atoms with Gasteiger partial charge in [-0.15, -0.1) is 0 Å². The molecule has 128 valence electrons. The standard InChI is InChI=1S/C18H22N2O4/c1-23-17-9-13(7-8-16(17)24-12-18(19)22)10-20-11-15(21)14-5-3-2-4-6-14/h2-9,15,20-21H,10-12H2,1H3,(H2,19,22). The van der Waals surface area contributed by atoms with Crippen LogP contribution in [0.4, 0.5) is 0 Å². The molecule has 0 aliphatic rings. The predicted octanol–water partition coefficient (Wildman–Crippen LogP) is 1.38. The minimum atomic E-state index is -0.564. The summed E-state index contributed by atoms with van der Waals surface area (Å²) in [5.74, 6) is 0.446. The molecule has 0 fully saturated rings. The van der Waals surface area contributed by atoms with Crippen molar-refractivity contribution < 1.29 is 19.4 Å². The van der Waals surface area contributed by atoms with E-state index in [0.717, 1.165) is 11.1 Å². The number of hydrogen-bond donors (Lipinski definition) is 3. The zero-order chi connectivity index (χ0) is 17.4. The number of carbonyl (C=O) groups excluding carboxylic acids is 1. The average molecular weight is 330 g/mol. The van der Waals surface area contributed by atoms with Crippen LogP contribution in [-0.4, -0.2) is 31.3 Å². The fraction of sp³-hybridized carbons (Fsp3) is 0.278. The van der Waals surface area contributed by atoms with Gasteiger partial charge in [-0.25, -0.2) is 0 Å². The van der Waals surface area contributed by atoms with Gasteiger partial charge in [0.1, 0.15) is 0 Å². The second kappa shape index (κ2) is 8.90. The first-order chi connectivity index (χ1) is 11.6. The molecule has 2 aromatic carbocycles. The summed E-state index contributed by atoms with van der Waals surface area (Å²) in [6.45, 7) is 0.805. The molecule has 0 aliphatic carbocycles. The molecule has 1 unspecified atom stereocenters. The minimum Gasteiger partial charge on any atom is -0.493 e. The molecule has 1 amide bonds. The number of methoxy groups -OCH3 is 1. The number of carbonyl (C=O) groups is 1. The summed E-state index contributed by atoms with van der Waals surface area (Å²) in [4.78, 5) is 10.8. The zero-order valence-electron chi connectivity index (χ0n) is 13.6. The van der Waals surface area contributed by atoms with Crippen molar-refractivity contribution in [2.24, 2.45) is 5.73 Å². The van der Waals surface area contributed by atoms with Gasteiger partial charge in [-0.1, -0.05) is 36.4 Å². The number of nitrogens with two attached hydrogens (primary N) is 1. The molecule has 2 rings (SSSR count). The fourth-order valence-electron chi connectivity index (χ4n) is 2.24. The van der Waals surface area contributed by atoms with Gasteiger partial charge in [0.05, 0.1) is 13.2 Å². The molecule has 24 heavy (non-hydrogen) atoms. The number of primary amides is 1. The van der Waals surface area contributed by atoms with Crippen LogP contribution in [-0.2, 0) is 11.3 Å². The monoisotopic (exact) mass is 330 g/mol. The molecule has 0 aliphatic heterocycles. The van der Waals surface area contributed by atoms with Crippen LogP contribution in [0.5, 0.6) is 11.5 Å². The lowest BCUT2D eigenvalue weighted by Gasteiger charge is -2.14. The van der Waals surface area contributed by atoms with Crippen molar-refractivity contribution >= 4 is 5.91 Å². The van der Waals surface area contributed by atoms with Crippen LogP contribution in [0.2, 0.25) is 0 Å². The molecule has 0 aromatic heterocycles. The SMILES string of the molecule is COc1cc(CNCC(O)c2ccccc2)ccc1OCC(N)=O. The Labute approximate surface area is 141 Å². The van der Waals surface area contributed by atoms with Crippen LogP contribution in [0.1, 0.15) is 17.2 Å². The van der Waals surface area contributed by atoms with E-state index in [4.69, 9.17) is 15.2 Å². The van der Waals surface area contributed by atoms with Crippen molar-refractivity contribution in [2.75, 3.05) is 20.3 Å². The molecule has 2 aromatic rings. The molecule has 0 spiro atoms. The summed E-state index contributed by atoms with van der Waals surface area (Å²) >= 11 is 0. The van der Waals surface area contributed by atoms with Gasteiger partial charge in [-0.3, -0.25) is 4.79 Å². The lowest BCUT2D eigenvalue weighted by molar-refractivity contribution is -0.119. The Hall–Kier alpha value is -2.57. The molecular formula is C18H22N2O4. The topological polar surface area (TPSA) is 93.8 Å². The highest BCUT2D eigenvalue weighted by Gasteiger charge is 2.09. The highest BCUT2D eigenvalue weighted by molar-refractivity contribution is 5.75. The van der Waals surface area contributed by atoms with E-state index in [1.54, 1.807) is 6.07 Å². The van der Waals surface area contributed by atoms with E-state index in [2.05, 4.69) is 5.32 Å². The van der Waals surface area contributed by atoms with Crippen LogP contribution in [0, 0.1) is 0 Å². The predicted molar refractivity (Wildman–Crippen MR) is 90.8 cm³/mol. The fourth-order valence-corrected chi connectivity index (χ4v) is 2.24. The number of aliphatic hydroxyl groups excluding tert-OH is 1. The summed E-state index contributed by atoms with van der Waals surface area (Å²) in [6, 6.07) is 14.9. The number of amides is 1. The molecule has 0 radical (unpaired) electrons. The first-order valence-electron chi connectivity index (χ1n) is 7.62. The molecular weight excluding hydrogens is 308 g/mol. The van der Waals surface area contributed by atoms with Gasteiger partial charge in [-0.05, 0) is 23.3 Å². The van der Waals surface area contributed by atoms with Crippen molar-refractivity contribution in [3.63, 3.8) is 0 Å². The number of rotatable bonds is 9. The summed E-state index contributed by atoms with van der Waals surface area (Å²) in [7, 11) is 1.53. The quantitative estimate of drug-likeness (QED) is 0.646. The molecule has 6 nitrogen and oxygen atoms in total. The van der Waals surface area contributed by atoms with Crippen molar-refractivity contribution in [2.45, 2.75) is 12.6 Å². The van der Waals surface area contributed by atoms with E-state index in [1.165, 1.54) is 7.11 Å². The molecule has 0 bridgehead atoms. The Kier molecular flexibility index (Phi) is 6.60.